The molecule has 0 saturated carbocycles. The molecule has 5 nitrogen and oxygen atoms in total. The van der Waals surface area contributed by atoms with Gasteiger partial charge in [0.1, 0.15) is 0 Å². The maximum Gasteiger partial charge on any atom is 0.0645 e. The molecule has 23 heavy (non-hydrogen) atoms. The third-order valence-corrected chi connectivity index (χ3v) is 3.61. The number of hydrogen-bond acceptors (Lipinski definition) is 4. The smallest absolute Gasteiger partial charge is 0.0645 e. The first-order chi connectivity index (χ1) is 11.3. The second kappa shape index (κ2) is 7.67. The van der Waals surface area contributed by atoms with Crippen LogP contribution in [0.25, 0.3) is 5.69 Å². The minimum Gasteiger partial charge on any atom is -0.395 e. The van der Waals surface area contributed by atoms with Crippen LogP contribution in [-0.4, -0.2) is 37.9 Å². The Balaban J connectivity index is 1.69. The van der Waals surface area contributed by atoms with Crippen LogP contribution < -0.4 is 0 Å². The second-order valence-corrected chi connectivity index (χ2v) is 5.42. The van der Waals surface area contributed by atoms with Gasteiger partial charge >= 0.3 is 0 Å². The van der Waals surface area contributed by atoms with Gasteiger partial charge in [0.05, 0.1) is 18.5 Å². The van der Waals surface area contributed by atoms with Crippen LogP contribution in [0, 0.1) is 0 Å². The van der Waals surface area contributed by atoms with Crippen LogP contribution in [0.1, 0.15) is 11.1 Å². The van der Waals surface area contributed by atoms with Crippen molar-refractivity contribution in [3.05, 3.63) is 78.4 Å². The summed E-state index contributed by atoms with van der Waals surface area (Å²) in [6.45, 7) is 2.24. The summed E-state index contributed by atoms with van der Waals surface area (Å²) in [5.41, 5.74) is 3.29. The number of rotatable bonds is 7. The highest BCUT2D eigenvalue weighted by Crippen LogP contribution is 2.11. The molecule has 0 spiro atoms. The van der Waals surface area contributed by atoms with Crippen LogP contribution in [0.15, 0.2) is 67.3 Å². The molecule has 0 amide bonds. The minimum atomic E-state index is 0.132. The summed E-state index contributed by atoms with van der Waals surface area (Å²) >= 11 is 0. The van der Waals surface area contributed by atoms with E-state index in [2.05, 4.69) is 15.0 Å². The summed E-state index contributed by atoms with van der Waals surface area (Å²) in [5.74, 6) is 0. The fourth-order valence-corrected chi connectivity index (χ4v) is 2.53. The van der Waals surface area contributed by atoms with Crippen molar-refractivity contribution in [2.75, 3.05) is 13.2 Å². The fourth-order valence-electron chi connectivity index (χ4n) is 2.53. The van der Waals surface area contributed by atoms with Crippen molar-refractivity contribution >= 4 is 0 Å². The SMILES string of the molecule is OCCN(Cc1cccnc1)Cc1cnn(-c2ccccc2)c1. The van der Waals surface area contributed by atoms with Gasteiger partial charge < -0.3 is 5.11 Å². The van der Waals surface area contributed by atoms with Crippen LogP contribution in [0.4, 0.5) is 0 Å². The fraction of sp³-hybridized carbons (Fsp3) is 0.222. The molecule has 2 heterocycles. The summed E-state index contributed by atoms with van der Waals surface area (Å²) < 4.78 is 1.87. The molecular formula is C18H20N4O. The Morgan fingerprint density at radius 1 is 0.957 bits per heavy atom. The summed E-state index contributed by atoms with van der Waals surface area (Å²) in [7, 11) is 0. The number of para-hydroxylation sites is 1. The molecule has 1 N–H and O–H groups in total. The quantitative estimate of drug-likeness (QED) is 0.727. The van der Waals surface area contributed by atoms with Crippen molar-refractivity contribution < 1.29 is 5.11 Å². The van der Waals surface area contributed by atoms with Crippen LogP contribution >= 0.6 is 0 Å². The Morgan fingerprint density at radius 3 is 2.52 bits per heavy atom. The van der Waals surface area contributed by atoms with E-state index in [1.165, 1.54) is 0 Å². The van der Waals surface area contributed by atoms with E-state index in [-0.39, 0.29) is 6.61 Å². The van der Waals surface area contributed by atoms with Crippen molar-refractivity contribution in [2.45, 2.75) is 13.1 Å². The van der Waals surface area contributed by atoms with Crippen molar-refractivity contribution in [1.82, 2.24) is 19.7 Å². The maximum atomic E-state index is 9.30. The van der Waals surface area contributed by atoms with Gasteiger partial charge in [-0.1, -0.05) is 24.3 Å². The average Bonchev–Trinajstić information content (AvgIpc) is 3.05. The summed E-state index contributed by atoms with van der Waals surface area (Å²) in [4.78, 5) is 6.33. The molecule has 2 aromatic heterocycles. The summed E-state index contributed by atoms with van der Waals surface area (Å²) in [6, 6.07) is 14.0. The first-order valence-corrected chi connectivity index (χ1v) is 7.66. The van der Waals surface area contributed by atoms with Gasteiger partial charge in [-0.2, -0.15) is 5.10 Å². The highest BCUT2D eigenvalue weighted by Gasteiger charge is 2.09. The van der Waals surface area contributed by atoms with Crippen LogP contribution in [0.5, 0.6) is 0 Å². The van der Waals surface area contributed by atoms with Crippen LogP contribution in [0.3, 0.4) is 0 Å². The van der Waals surface area contributed by atoms with E-state index in [0.717, 1.165) is 29.9 Å². The van der Waals surface area contributed by atoms with Gasteiger partial charge in [-0.05, 0) is 23.8 Å². The minimum absolute atomic E-state index is 0.132. The third-order valence-electron chi connectivity index (χ3n) is 3.61. The number of nitrogens with zero attached hydrogens (tertiary/aromatic N) is 4. The zero-order valence-corrected chi connectivity index (χ0v) is 12.9. The van der Waals surface area contributed by atoms with Gasteiger partial charge in [0.25, 0.3) is 0 Å². The number of benzene rings is 1. The van der Waals surface area contributed by atoms with Gasteiger partial charge in [0.2, 0.25) is 0 Å². The molecule has 3 aromatic rings. The molecule has 0 atom stereocenters. The Hall–Kier alpha value is -2.50. The standard InChI is InChI=1S/C18H20N4O/c23-10-9-21(13-16-5-4-8-19-11-16)14-17-12-20-22(15-17)18-6-2-1-3-7-18/h1-8,11-12,15,23H,9-10,13-14H2. The Morgan fingerprint density at radius 2 is 1.78 bits per heavy atom. The molecule has 118 valence electrons. The largest absolute Gasteiger partial charge is 0.395 e. The number of pyridine rings is 1. The monoisotopic (exact) mass is 308 g/mol. The molecule has 0 fully saturated rings. The molecule has 0 aliphatic heterocycles. The molecule has 1 aromatic carbocycles. The number of aromatic nitrogens is 3. The van der Waals surface area contributed by atoms with E-state index < -0.39 is 0 Å². The molecule has 0 radical (unpaired) electrons. The molecule has 0 aliphatic carbocycles. The normalized spacial score (nSPS) is 11.0. The van der Waals surface area contributed by atoms with Crippen molar-refractivity contribution in [2.24, 2.45) is 0 Å². The number of aliphatic hydroxyl groups is 1. The van der Waals surface area contributed by atoms with Crippen LogP contribution in [0.2, 0.25) is 0 Å². The number of hydrogen-bond donors (Lipinski definition) is 1. The van der Waals surface area contributed by atoms with Gasteiger partial charge in [0.15, 0.2) is 0 Å². The van der Waals surface area contributed by atoms with Gasteiger partial charge in [-0.25, -0.2) is 4.68 Å². The lowest BCUT2D eigenvalue weighted by molar-refractivity contribution is 0.184. The molecule has 0 unspecified atom stereocenters. The second-order valence-electron chi connectivity index (χ2n) is 5.42. The lowest BCUT2D eigenvalue weighted by Gasteiger charge is -2.20. The topological polar surface area (TPSA) is 54.2 Å². The Kier molecular flexibility index (Phi) is 5.13. The molecule has 3 rings (SSSR count). The van der Waals surface area contributed by atoms with Crippen LogP contribution in [-0.2, 0) is 13.1 Å². The van der Waals surface area contributed by atoms with E-state index >= 15 is 0 Å². The van der Waals surface area contributed by atoms with E-state index in [4.69, 9.17) is 0 Å². The molecular weight excluding hydrogens is 288 g/mol. The molecule has 0 bridgehead atoms. The van der Waals surface area contributed by atoms with Gasteiger partial charge in [-0.3, -0.25) is 9.88 Å². The van der Waals surface area contributed by atoms with E-state index in [1.54, 1.807) is 6.20 Å². The zero-order valence-electron chi connectivity index (χ0n) is 12.9. The van der Waals surface area contributed by atoms with Gasteiger partial charge in [0, 0.05) is 43.8 Å². The lowest BCUT2D eigenvalue weighted by atomic mass is 10.2. The summed E-state index contributed by atoms with van der Waals surface area (Å²) in [5, 5.41) is 13.7. The van der Waals surface area contributed by atoms with Crippen molar-refractivity contribution in [3.63, 3.8) is 0 Å². The van der Waals surface area contributed by atoms with E-state index in [0.29, 0.717) is 6.54 Å². The zero-order chi connectivity index (χ0) is 15.9. The lowest BCUT2D eigenvalue weighted by Crippen LogP contribution is -2.26. The third kappa shape index (κ3) is 4.25. The predicted octanol–water partition coefficient (Wildman–Crippen LogP) is 2.26. The first-order valence-electron chi connectivity index (χ1n) is 7.66. The van der Waals surface area contributed by atoms with Crippen molar-refractivity contribution in [3.8, 4) is 5.69 Å². The average molecular weight is 308 g/mol. The molecule has 0 aliphatic rings. The predicted molar refractivity (Wildman–Crippen MR) is 89.0 cm³/mol. The number of aliphatic hydroxyl groups excluding tert-OH is 1. The van der Waals surface area contributed by atoms with Crippen molar-refractivity contribution in [1.29, 1.82) is 0 Å². The Bertz CT molecular complexity index is 712. The molecule has 5 heteroatoms. The van der Waals surface area contributed by atoms with E-state index in [9.17, 15) is 5.11 Å². The molecule has 0 saturated heterocycles. The van der Waals surface area contributed by atoms with Gasteiger partial charge in [-0.15, -0.1) is 0 Å². The van der Waals surface area contributed by atoms with E-state index in [1.807, 2.05) is 65.7 Å². The maximum absolute atomic E-state index is 9.30. The highest BCUT2D eigenvalue weighted by atomic mass is 16.3. The Labute approximate surface area is 135 Å². The first kappa shape index (κ1) is 15.4. The summed E-state index contributed by atoms with van der Waals surface area (Å²) in [6.07, 6.45) is 7.53. The highest BCUT2D eigenvalue weighted by molar-refractivity contribution is 5.30.